The molecule has 2 unspecified atom stereocenters. The summed E-state index contributed by atoms with van der Waals surface area (Å²) in [6, 6.07) is 10.7. The van der Waals surface area contributed by atoms with Gasteiger partial charge in [0.25, 0.3) is 0 Å². The molecular formula is C23H24BNO2S. The molecule has 0 N–H and O–H groups in total. The molecule has 3 heterocycles. The fourth-order valence-electron chi connectivity index (χ4n) is 4.06. The Morgan fingerprint density at radius 1 is 0.929 bits per heavy atom. The maximum atomic E-state index is 6.31. The third-order valence-electron chi connectivity index (χ3n) is 6.35. The second-order valence-electron chi connectivity index (χ2n) is 8.63. The van der Waals surface area contributed by atoms with Crippen LogP contribution in [0.4, 0.5) is 0 Å². The van der Waals surface area contributed by atoms with Gasteiger partial charge in [-0.1, -0.05) is 48.6 Å². The lowest BCUT2D eigenvalue weighted by Crippen LogP contribution is -2.41. The maximum absolute atomic E-state index is 6.31. The van der Waals surface area contributed by atoms with Gasteiger partial charge in [-0.05, 0) is 44.9 Å². The molecule has 2 aliphatic heterocycles. The van der Waals surface area contributed by atoms with E-state index in [1.807, 2.05) is 24.0 Å². The molecule has 1 aliphatic carbocycles. The molecule has 5 heteroatoms. The Balaban J connectivity index is 1.60. The number of benzene rings is 1. The molecule has 0 saturated carbocycles. The van der Waals surface area contributed by atoms with Crippen LogP contribution in [0.2, 0.25) is 0 Å². The maximum Gasteiger partial charge on any atom is 0.515 e. The first-order valence-electron chi connectivity index (χ1n) is 9.83. The molecule has 1 saturated heterocycles. The molecule has 3 nitrogen and oxygen atoms in total. The number of aromatic nitrogens is 1. The van der Waals surface area contributed by atoms with Gasteiger partial charge in [-0.25, -0.2) is 0 Å². The summed E-state index contributed by atoms with van der Waals surface area (Å²) in [5, 5.41) is 0.470. The summed E-state index contributed by atoms with van der Waals surface area (Å²) in [5.41, 5.74) is 3.80. The van der Waals surface area contributed by atoms with Gasteiger partial charge in [0.15, 0.2) is 0 Å². The molecule has 28 heavy (non-hydrogen) atoms. The van der Waals surface area contributed by atoms with Crippen molar-refractivity contribution >= 4 is 24.5 Å². The number of pyridine rings is 1. The molecule has 0 amide bonds. The fraction of sp³-hybridized carbons (Fsp3) is 0.348. The van der Waals surface area contributed by atoms with Gasteiger partial charge in [-0.3, -0.25) is 4.98 Å². The monoisotopic (exact) mass is 389 g/mol. The highest BCUT2D eigenvalue weighted by Gasteiger charge is 2.53. The molecule has 5 rings (SSSR count). The number of hydrogen-bond donors (Lipinski definition) is 0. The Morgan fingerprint density at radius 2 is 1.64 bits per heavy atom. The summed E-state index contributed by atoms with van der Waals surface area (Å²) in [5.74, 6) is 0.446. The Bertz CT molecular complexity index is 982. The summed E-state index contributed by atoms with van der Waals surface area (Å²) in [4.78, 5) is 6.04. The molecule has 1 aromatic carbocycles. The van der Waals surface area contributed by atoms with Gasteiger partial charge >= 0.3 is 7.12 Å². The minimum Gasteiger partial charge on any atom is -0.398 e. The summed E-state index contributed by atoms with van der Waals surface area (Å²) in [7, 11) is -0.467. The Labute approximate surface area is 171 Å². The number of fused-ring (bicyclic) bond motifs is 3. The van der Waals surface area contributed by atoms with Crippen LogP contribution in [0.15, 0.2) is 65.7 Å². The van der Waals surface area contributed by atoms with Crippen LogP contribution >= 0.6 is 11.8 Å². The Kier molecular flexibility index (Phi) is 4.13. The minimum atomic E-state index is -0.467. The Morgan fingerprint density at radius 3 is 2.43 bits per heavy atom. The molecule has 0 spiro atoms. The highest BCUT2D eigenvalue weighted by molar-refractivity contribution is 8.00. The fourth-order valence-corrected chi connectivity index (χ4v) is 5.54. The van der Waals surface area contributed by atoms with E-state index in [4.69, 9.17) is 14.3 Å². The van der Waals surface area contributed by atoms with Crippen molar-refractivity contribution in [2.24, 2.45) is 0 Å². The van der Waals surface area contributed by atoms with Crippen molar-refractivity contribution in [3.63, 3.8) is 0 Å². The first-order chi connectivity index (χ1) is 13.4. The SMILES string of the molecule is CC1(C)OB(c2ncccc2-c2cccc3c2SC2C=CC=CC32)OC1(C)C. The largest absolute Gasteiger partial charge is 0.515 e. The minimum absolute atomic E-state index is 0.385. The van der Waals surface area contributed by atoms with Crippen molar-refractivity contribution in [1.29, 1.82) is 0 Å². The molecule has 0 bridgehead atoms. The van der Waals surface area contributed by atoms with Crippen molar-refractivity contribution in [2.75, 3.05) is 0 Å². The molecule has 142 valence electrons. The van der Waals surface area contributed by atoms with Gasteiger partial charge < -0.3 is 9.31 Å². The van der Waals surface area contributed by atoms with Crippen LogP contribution < -0.4 is 5.59 Å². The summed E-state index contributed by atoms with van der Waals surface area (Å²) in [6.07, 6.45) is 10.7. The lowest BCUT2D eigenvalue weighted by molar-refractivity contribution is 0.00578. The second-order valence-corrected chi connectivity index (χ2v) is 9.81. The molecule has 3 aliphatic rings. The summed E-state index contributed by atoms with van der Waals surface area (Å²) in [6.45, 7) is 8.31. The molecule has 2 aromatic rings. The molecular weight excluding hydrogens is 365 g/mol. The smallest absolute Gasteiger partial charge is 0.398 e. The van der Waals surface area contributed by atoms with Crippen LogP contribution in [0, 0.1) is 0 Å². The number of nitrogens with zero attached hydrogens (tertiary/aromatic N) is 1. The second kappa shape index (κ2) is 6.34. The van der Waals surface area contributed by atoms with Gasteiger partial charge in [0.05, 0.1) is 16.8 Å². The zero-order valence-corrected chi connectivity index (χ0v) is 17.5. The quantitative estimate of drug-likeness (QED) is 0.695. The number of allylic oxidation sites excluding steroid dienone is 3. The van der Waals surface area contributed by atoms with Gasteiger partial charge in [-0.2, -0.15) is 0 Å². The molecule has 0 radical (unpaired) electrons. The number of rotatable bonds is 2. The average molecular weight is 389 g/mol. The summed E-state index contributed by atoms with van der Waals surface area (Å²) >= 11 is 1.94. The van der Waals surface area contributed by atoms with E-state index in [1.165, 1.54) is 16.0 Å². The van der Waals surface area contributed by atoms with Gasteiger partial charge in [0, 0.05) is 27.8 Å². The number of hydrogen-bond acceptors (Lipinski definition) is 4. The van der Waals surface area contributed by atoms with E-state index in [1.54, 1.807) is 0 Å². The Hall–Kier alpha value is -1.82. The highest BCUT2D eigenvalue weighted by Crippen LogP contribution is 2.51. The van der Waals surface area contributed by atoms with Crippen molar-refractivity contribution in [2.45, 2.75) is 55.0 Å². The van der Waals surface area contributed by atoms with Crippen LogP contribution in [-0.2, 0) is 9.31 Å². The van der Waals surface area contributed by atoms with E-state index in [9.17, 15) is 0 Å². The zero-order valence-electron chi connectivity index (χ0n) is 16.7. The van der Waals surface area contributed by atoms with Crippen LogP contribution in [0.3, 0.4) is 0 Å². The molecule has 2 atom stereocenters. The van der Waals surface area contributed by atoms with Crippen molar-refractivity contribution in [3.8, 4) is 11.1 Å². The van der Waals surface area contributed by atoms with Gasteiger partial charge in [0.1, 0.15) is 0 Å². The van der Waals surface area contributed by atoms with Crippen molar-refractivity contribution < 1.29 is 9.31 Å². The predicted octanol–water partition coefficient (Wildman–Crippen LogP) is 4.73. The van der Waals surface area contributed by atoms with E-state index in [-0.39, 0.29) is 11.2 Å². The third-order valence-corrected chi connectivity index (χ3v) is 7.76. The zero-order chi connectivity index (χ0) is 19.5. The molecule has 1 aromatic heterocycles. The van der Waals surface area contributed by atoms with Crippen LogP contribution in [-0.4, -0.2) is 28.6 Å². The van der Waals surface area contributed by atoms with Gasteiger partial charge in [-0.15, -0.1) is 11.8 Å². The van der Waals surface area contributed by atoms with E-state index >= 15 is 0 Å². The summed E-state index contributed by atoms with van der Waals surface area (Å²) < 4.78 is 12.6. The van der Waals surface area contributed by atoms with E-state index in [0.717, 1.165) is 11.2 Å². The van der Waals surface area contributed by atoms with Crippen LogP contribution in [0.1, 0.15) is 39.2 Å². The molecule has 1 fully saturated rings. The lowest BCUT2D eigenvalue weighted by Gasteiger charge is -2.32. The van der Waals surface area contributed by atoms with Crippen molar-refractivity contribution in [1.82, 2.24) is 4.98 Å². The van der Waals surface area contributed by atoms with Gasteiger partial charge in [0.2, 0.25) is 0 Å². The topological polar surface area (TPSA) is 31.4 Å². The van der Waals surface area contributed by atoms with E-state index in [0.29, 0.717) is 11.2 Å². The van der Waals surface area contributed by atoms with E-state index < -0.39 is 7.12 Å². The average Bonchev–Trinajstić information content (AvgIpc) is 3.15. The predicted molar refractivity (Wildman–Crippen MR) is 116 cm³/mol. The third kappa shape index (κ3) is 2.72. The van der Waals surface area contributed by atoms with Crippen molar-refractivity contribution in [3.05, 3.63) is 66.4 Å². The number of thioether (sulfide) groups is 1. The first-order valence-corrected chi connectivity index (χ1v) is 10.7. The lowest BCUT2D eigenvalue weighted by atomic mass is 9.78. The van der Waals surface area contributed by atoms with Crippen LogP contribution in [0.25, 0.3) is 11.1 Å². The highest BCUT2D eigenvalue weighted by atomic mass is 32.2. The first kappa shape index (κ1) is 18.2. The van der Waals surface area contributed by atoms with E-state index in [2.05, 4.69) is 76.3 Å². The standard InChI is InChI=1S/C23H24BNO2S/c1-22(2)23(3,4)27-24(26-22)21-18(12-8-14-25-21)17-11-7-10-16-15-9-5-6-13-19(15)28-20(16)17/h5-15,19H,1-4H3. The van der Waals surface area contributed by atoms with Crippen LogP contribution in [0.5, 0.6) is 0 Å². The normalized spacial score (nSPS) is 26.4.